The van der Waals surface area contributed by atoms with E-state index in [0.717, 1.165) is 17.1 Å². The van der Waals surface area contributed by atoms with Gasteiger partial charge in [-0.25, -0.2) is 0 Å². The van der Waals surface area contributed by atoms with Crippen LogP contribution in [0.2, 0.25) is 0 Å². The van der Waals surface area contributed by atoms with E-state index in [-0.39, 0.29) is 5.41 Å². The van der Waals surface area contributed by atoms with E-state index in [0.29, 0.717) is 0 Å². The molecule has 0 aromatic heterocycles. The van der Waals surface area contributed by atoms with E-state index in [2.05, 4.69) is 255 Å². The van der Waals surface area contributed by atoms with Gasteiger partial charge >= 0.3 is 0 Å². The maximum absolute atomic E-state index is 2.43. The predicted octanol–water partition coefficient (Wildman–Crippen LogP) is 18.2. The number of para-hydroxylation sites is 1. The van der Waals surface area contributed by atoms with Gasteiger partial charge in [0.2, 0.25) is 0 Å². The van der Waals surface area contributed by atoms with Crippen molar-refractivity contribution in [1.29, 1.82) is 0 Å². The van der Waals surface area contributed by atoms with Crippen LogP contribution in [-0.2, 0) is 5.41 Å². The van der Waals surface area contributed by atoms with Gasteiger partial charge in [0.1, 0.15) is 0 Å². The van der Waals surface area contributed by atoms with Crippen molar-refractivity contribution < 1.29 is 0 Å². The molecule has 0 bridgehead atoms. The molecule has 310 valence electrons. The van der Waals surface area contributed by atoms with Gasteiger partial charge in [-0.15, -0.1) is 0 Å². The van der Waals surface area contributed by atoms with Crippen LogP contribution in [0.5, 0.6) is 0 Å². The summed E-state index contributed by atoms with van der Waals surface area (Å²) in [5.41, 5.74) is 16.0. The molecule has 0 saturated heterocycles. The van der Waals surface area contributed by atoms with E-state index >= 15 is 0 Å². The maximum Gasteiger partial charge on any atom is 0.0468 e. The Morgan fingerprint density at radius 3 is 1.38 bits per heavy atom. The van der Waals surface area contributed by atoms with E-state index in [9.17, 15) is 0 Å². The fraction of sp³-hybridized carbons (Fsp3) is 0.0462. The second-order valence-corrected chi connectivity index (χ2v) is 18.5. The molecule has 0 atom stereocenters. The Balaban J connectivity index is 0.844. The molecule has 13 rings (SSSR count). The van der Waals surface area contributed by atoms with Crippen LogP contribution in [0.3, 0.4) is 0 Å². The van der Waals surface area contributed by atoms with Crippen LogP contribution in [0.4, 0.5) is 17.1 Å². The number of nitrogens with zero attached hydrogens (tertiary/aromatic N) is 1. The highest BCUT2D eigenvalue weighted by Crippen LogP contribution is 2.52. The first-order valence-corrected chi connectivity index (χ1v) is 23.1. The summed E-state index contributed by atoms with van der Waals surface area (Å²) in [4.78, 5) is 2.41. The van der Waals surface area contributed by atoms with Gasteiger partial charge in [-0.05, 0) is 170 Å². The first-order valence-electron chi connectivity index (χ1n) is 23.1. The van der Waals surface area contributed by atoms with Crippen molar-refractivity contribution in [3.63, 3.8) is 0 Å². The molecule has 0 radical (unpaired) electrons. The molecule has 1 heteroatoms. The first kappa shape index (κ1) is 38.2. The average molecular weight is 840 g/mol. The molecule has 1 aliphatic carbocycles. The van der Waals surface area contributed by atoms with Crippen molar-refractivity contribution in [1.82, 2.24) is 0 Å². The van der Waals surface area contributed by atoms with E-state index < -0.39 is 0 Å². The molecule has 0 heterocycles. The fourth-order valence-electron chi connectivity index (χ4n) is 11.0. The van der Waals surface area contributed by atoms with Crippen molar-refractivity contribution in [2.24, 2.45) is 0 Å². The van der Waals surface area contributed by atoms with E-state index in [1.807, 2.05) is 0 Å². The smallest absolute Gasteiger partial charge is 0.0468 e. The van der Waals surface area contributed by atoms with Crippen molar-refractivity contribution >= 4 is 70.9 Å². The van der Waals surface area contributed by atoms with Crippen LogP contribution in [0.1, 0.15) is 25.0 Å². The molecule has 12 aromatic rings. The summed E-state index contributed by atoms with van der Waals surface area (Å²) in [6.45, 7) is 4.77. The van der Waals surface area contributed by atoms with Crippen LogP contribution in [0.25, 0.3) is 98.4 Å². The van der Waals surface area contributed by atoms with Gasteiger partial charge in [0.25, 0.3) is 0 Å². The summed E-state index contributed by atoms with van der Waals surface area (Å²) in [5, 5.41) is 12.7. The monoisotopic (exact) mass is 839 g/mol. The molecule has 0 unspecified atom stereocenters. The summed E-state index contributed by atoms with van der Waals surface area (Å²) in [7, 11) is 0. The first-order chi connectivity index (χ1) is 32.5. The Morgan fingerprint density at radius 1 is 0.258 bits per heavy atom. The SMILES string of the molecule is CC1(C)c2cc(-c3ccc(-c4cc5ccccc5c5ccccc45)cc3)ccc2-c2ccc(N(c3ccccc3)c3ccc4cc(-c5cc6ccccc6c6ccccc56)ccc4c3)cc21. The van der Waals surface area contributed by atoms with Gasteiger partial charge in [0, 0.05) is 22.5 Å². The zero-order valence-corrected chi connectivity index (χ0v) is 37.0. The van der Waals surface area contributed by atoms with Crippen molar-refractivity contribution in [2.75, 3.05) is 4.90 Å². The molecule has 0 spiro atoms. The Hall–Kier alpha value is -8.26. The average Bonchev–Trinajstić information content (AvgIpc) is 3.60. The molecule has 0 amide bonds. The summed E-state index contributed by atoms with van der Waals surface area (Å²) < 4.78 is 0. The number of hydrogen-bond acceptors (Lipinski definition) is 1. The highest BCUT2D eigenvalue weighted by Gasteiger charge is 2.36. The Bertz CT molecular complexity index is 3900. The van der Waals surface area contributed by atoms with Crippen LogP contribution in [-0.4, -0.2) is 0 Å². The molecule has 0 aliphatic heterocycles. The molecule has 66 heavy (non-hydrogen) atoms. The number of hydrogen-bond donors (Lipinski definition) is 0. The Morgan fingerprint density at radius 2 is 0.712 bits per heavy atom. The third-order valence-corrected chi connectivity index (χ3v) is 14.4. The molecular formula is C65H45N. The standard InChI is InChI=1S/C65H45N/c1-65(2)63-40-46(42-24-26-43(27-25-42)61-38-47-14-6-8-18-53(47)55-20-10-12-22-57(55)61)31-34-59(63)60-35-33-52(41-64(60)65)66(50-16-4-3-5-17-50)51-32-30-44-36-49(29-28-45(44)37-51)62-39-48-15-7-9-19-54(48)56-21-11-13-23-58(56)62/h3-41H,1-2H3. The van der Waals surface area contributed by atoms with Crippen LogP contribution in [0.15, 0.2) is 237 Å². The van der Waals surface area contributed by atoms with Gasteiger partial charge in [0.15, 0.2) is 0 Å². The highest BCUT2D eigenvalue weighted by molar-refractivity contribution is 6.15. The van der Waals surface area contributed by atoms with Gasteiger partial charge in [0.05, 0.1) is 0 Å². The van der Waals surface area contributed by atoms with Crippen molar-refractivity contribution in [3.8, 4) is 44.5 Å². The fourth-order valence-corrected chi connectivity index (χ4v) is 11.0. The molecule has 0 fully saturated rings. The third kappa shape index (κ3) is 6.08. The predicted molar refractivity (Wildman–Crippen MR) is 283 cm³/mol. The summed E-state index contributed by atoms with van der Waals surface area (Å²) in [6, 6.07) is 87.7. The summed E-state index contributed by atoms with van der Waals surface area (Å²) in [6.07, 6.45) is 0. The van der Waals surface area contributed by atoms with Gasteiger partial charge in [-0.2, -0.15) is 0 Å². The minimum atomic E-state index is -0.199. The lowest BCUT2D eigenvalue weighted by molar-refractivity contribution is 0.660. The summed E-state index contributed by atoms with van der Waals surface area (Å²) >= 11 is 0. The topological polar surface area (TPSA) is 3.24 Å². The zero-order valence-electron chi connectivity index (χ0n) is 37.0. The number of rotatable bonds is 6. The van der Waals surface area contributed by atoms with Gasteiger partial charge < -0.3 is 4.90 Å². The number of anilines is 3. The van der Waals surface area contributed by atoms with Crippen molar-refractivity contribution in [3.05, 3.63) is 248 Å². The van der Waals surface area contributed by atoms with Crippen LogP contribution < -0.4 is 4.90 Å². The van der Waals surface area contributed by atoms with Crippen molar-refractivity contribution in [2.45, 2.75) is 19.3 Å². The Kier molecular flexibility index (Phi) is 8.63. The van der Waals surface area contributed by atoms with E-state index in [4.69, 9.17) is 0 Å². The maximum atomic E-state index is 2.43. The van der Waals surface area contributed by atoms with Crippen LogP contribution in [0, 0.1) is 0 Å². The highest BCUT2D eigenvalue weighted by atomic mass is 15.1. The van der Waals surface area contributed by atoms with Gasteiger partial charge in [-0.1, -0.05) is 190 Å². The molecule has 0 N–H and O–H groups in total. The second-order valence-electron chi connectivity index (χ2n) is 18.5. The number of fused-ring (bicyclic) bond motifs is 10. The molecule has 0 saturated carbocycles. The largest absolute Gasteiger partial charge is 0.310 e. The molecule has 12 aromatic carbocycles. The van der Waals surface area contributed by atoms with E-state index in [1.165, 1.54) is 109 Å². The minimum Gasteiger partial charge on any atom is -0.310 e. The number of benzene rings is 12. The zero-order chi connectivity index (χ0) is 43.9. The molecular weight excluding hydrogens is 795 g/mol. The lowest BCUT2D eigenvalue weighted by Gasteiger charge is -2.28. The van der Waals surface area contributed by atoms with E-state index in [1.54, 1.807) is 0 Å². The normalized spacial score (nSPS) is 12.8. The summed E-state index contributed by atoms with van der Waals surface area (Å²) in [5.74, 6) is 0. The quantitative estimate of drug-likeness (QED) is 0.151. The minimum absolute atomic E-state index is 0.199. The third-order valence-electron chi connectivity index (χ3n) is 14.4. The lowest BCUT2D eigenvalue weighted by atomic mass is 9.81. The van der Waals surface area contributed by atoms with Gasteiger partial charge in [-0.3, -0.25) is 0 Å². The second kappa shape index (κ2) is 14.9. The Labute approximate surface area is 385 Å². The lowest BCUT2D eigenvalue weighted by Crippen LogP contribution is -2.16. The molecule has 1 aliphatic rings. The molecule has 1 nitrogen and oxygen atoms in total. The van der Waals surface area contributed by atoms with Crippen LogP contribution >= 0.6 is 0 Å².